The second kappa shape index (κ2) is 7.97. The van der Waals surface area contributed by atoms with Crippen LogP contribution in [0.15, 0.2) is 53.9 Å². The first-order valence-electron chi connectivity index (χ1n) is 7.89. The molecule has 0 aliphatic heterocycles. The highest BCUT2D eigenvalue weighted by Crippen LogP contribution is 2.28. The first-order valence-corrected chi connectivity index (χ1v) is 8.77. The first kappa shape index (κ1) is 17.9. The predicted molar refractivity (Wildman–Crippen MR) is 99.2 cm³/mol. The van der Waals surface area contributed by atoms with Gasteiger partial charge in [0.15, 0.2) is 22.8 Å². The number of benzene rings is 2. The molecule has 1 heterocycles. The number of hydrogen-bond acceptors (Lipinski definition) is 5. The van der Waals surface area contributed by atoms with Crippen LogP contribution in [0.4, 0.5) is 9.52 Å². The lowest BCUT2D eigenvalue weighted by atomic mass is 10.1. The molecule has 1 atom stereocenters. The van der Waals surface area contributed by atoms with E-state index in [9.17, 15) is 9.18 Å². The van der Waals surface area contributed by atoms with E-state index in [1.54, 1.807) is 30.5 Å². The molecule has 3 aromatic rings. The van der Waals surface area contributed by atoms with E-state index in [1.807, 2.05) is 18.2 Å². The molecule has 1 N–H and O–H groups in total. The van der Waals surface area contributed by atoms with Gasteiger partial charge in [0.05, 0.1) is 12.8 Å². The maximum absolute atomic E-state index is 13.8. The van der Waals surface area contributed by atoms with Crippen LogP contribution in [0.25, 0.3) is 11.3 Å². The molecule has 0 fully saturated rings. The monoisotopic (exact) mass is 372 g/mol. The van der Waals surface area contributed by atoms with Crippen LogP contribution in [0.2, 0.25) is 0 Å². The molecule has 26 heavy (non-hydrogen) atoms. The van der Waals surface area contributed by atoms with Gasteiger partial charge in [-0.25, -0.2) is 9.37 Å². The van der Waals surface area contributed by atoms with E-state index < -0.39 is 11.9 Å². The van der Waals surface area contributed by atoms with Crippen molar-refractivity contribution in [3.05, 3.63) is 59.7 Å². The van der Waals surface area contributed by atoms with Gasteiger partial charge in [0, 0.05) is 10.9 Å². The summed E-state index contributed by atoms with van der Waals surface area (Å²) in [5, 5.41) is 4.88. The van der Waals surface area contributed by atoms with Crippen molar-refractivity contribution < 1.29 is 18.7 Å². The van der Waals surface area contributed by atoms with Crippen molar-refractivity contribution >= 4 is 22.4 Å². The summed E-state index contributed by atoms with van der Waals surface area (Å²) < 4.78 is 24.3. The van der Waals surface area contributed by atoms with Crippen LogP contribution in [0.5, 0.6) is 11.5 Å². The summed E-state index contributed by atoms with van der Waals surface area (Å²) in [7, 11) is 1.41. The van der Waals surface area contributed by atoms with Crippen molar-refractivity contribution in [2.75, 3.05) is 12.4 Å². The van der Waals surface area contributed by atoms with Crippen LogP contribution < -0.4 is 14.8 Å². The number of para-hydroxylation sites is 1. The largest absolute Gasteiger partial charge is 0.494 e. The average molecular weight is 372 g/mol. The van der Waals surface area contributed by atoms with Crippen LogP contribution in [0.1, 0.15) is 6.92 Å². The number of anilines is 1. The van der Waals surface area contributed by atoms with Crippen molar-refractivity contribution in [2.45, 2.75) is 13.0 Å². The Kier molecular flexibility index (Phi) is 5.48. The number of amides is 1. The number of ether oxygens (including phenoxy) is 2. The number of aromatic nitrogens is 1. The third-order valence-electron chi connectivity index (χ3n) is 3.61. The fraction of sp³-hybridized carbons (Fsp3) is 0.158. The summed E-state index contributed by atoms with van der Waals surface area (Å²) in [6, 6.07) is 13.7. The number of thiazole rings is 1. The Balaban J connectivity index is 1.66. The van der Waals surface area contributed by atoms with Crippen LogP contribution in [0.3, 0.4) is 0 Å². The number of nitrogens with zero attached hydrogens (tertiary/aromatic N) is 1. The van der Waals surface area contributed by atoms with Crippen molar-refractivity contribution in [1.29, 1.82) is 0 Å². The molecule has 0 aliphatic rings. The standard InChI is InChI=1S/C19H17FN2O3S/c1-12(25-14-6-4-3-5-7-14)18(23)22-19-21-16(11-26-19)13-8-9-17(24-2)15(20)10-13/h3-12H,1-2H3,(H,21,22,23)/t12-/m1/s1. The molecule has 2 aromatic carbocycles. The van der Waals surface area contributed by atoms with E-state index in [0.29, 0.717) is 22.1 Å². The molecule has 0 spiro atoms. The predicted octanol–water partition coefficient (Wildman–Crippen LogP) is 4.36. The van der Waals surface area contributed by atoms with Crippen LogP contribution in [0, 0.1) is 5.82 Å². The molecule has 1 aromatic heterocycles. The summed E-state index contributed by atoms with van der Waals surface area (Å²) in [5.41, 5.74) is 1.18. The minimum atomic E-state index is -0.678. The van der Waals surface area contributed by atoms with E-state index >= 15 is 0 Å². The van der Waals surface area contributed by atoms with Crippen LogP contribution in [-0.4, -0.2) is 24.1 Å². The van der Waals surface area contributed by atoms with Gasteiger partial charge in [0.2, 0.25) is 0 Å². The highest BCUT2D eigenvalue weighted by molar-refractivity contribution is 7.14. The molecule has 7 heteroatoms. The highest BCUT2D eigenvalue weighted by Gasteiger charge is 2.17. The summed E-state index contributed by atoms with van der Waals surface area (Å²) in [6.45, 7) is 1.66. The molecule has 0 saturated heterocycles. The Morgan fingerprint density at radius 3 is 2.69 bits per heavy atom. The average Bonchev–Trinajstić information content (AvgIpc) is 3.11. The SMILES string of the molecule is COc1ccc(-c2csc(NC(=O)[C@@H](C)Oc3ccccc3)n2)cc1F. The molecule has 3 rings (SSSR count). The Morgan fingerprint density at radius 2 is 2.00 bits per heavy atom. The molecule has 5 nitrogen and oxygen atoms in total. The highest BCUT2D eigenvalue weighted by atomic mass is 32.1. The molecule has 0 unspecified atom stereocenters. The lowest BCUT2D eigenvalue weighted by Crippen LogP contribution is -2.30. The van der Waals surface area contributed by atoms with Gasteiger partial charge in [-0.05, 0) is 37.3 Å². The number of carbonyl (C=O) groups excluding carboxylic acids is 1. The number of methoxy groups -OCH3 is 1. The zero-order valence-electron chi connectivity index (χ0n) is 14.2. The van der Waals surface area contributed by atoms with Gasteiger partial charge in [-0.1, -0.05) is 18.2 Å². The topological polar surface area (TPSA) is 60.5 Å². The molecule has 1 amide bonds. The van der Waals surface area contributed by atoms with Gasteiger partial charge in [0.1, 0.15) is 5.75 Å². The van der Waals surface area contributed by atoms with E-state index in [4.69, 9.17) is 9.47 Å². The summed E-state index contributed by atoms with van der Waals surface area (Å²) in [6.07, 6.45) is -0.678. The number of halogens is 1. The summed E-state index contributed by atoms with van der Waals surface area (Å²) >= 11 is 1.26. The zero-order valence-corrected chi connectivity index (χ0v) is 15.0. The first-order chi connectivity index (χ1) is 12.6. The molecular weight excluding hydrogens is 355 g/mol. The Hall–Kier alpha value is -2.93. The lowest BCUT2D eigenvalue weighted by Gasteiger charge is -2.13. The van der Waals surface area contributed by atoms with Crippen molar-refractivity contribution in [3.63, 3.8) is 0 Å². The number of carbonyl (C=O) groups is 1. The Labute approximate surface area is 154 Å². The third-order valence-corrected chi connectivity index (χ3v) is 4.36. The van der Waals surface area contributed by atoms with Gasteiger partial charge < -0.3 is 9.47 Å². The molecule has 0 saturated carbocycles. The van der Waals surface area contributed by atoms with Crippen LogP contribution >= 0.6 is 11.3 Å². The smallest absolute Gasteiger partial charge is 0.266 e. The van der Waals surface area contributed by atoms with E-state index in [0.717, 1.165) is 0 Å². The quantitative estimate of drug-likeness (QED) is 0.698. The molecule has 0 bridgehead atoms. The van der Waals surface area contributed by atoms with Crippen molar-refractivity contribution in [2.24, 2.45) is 0 Å². The van der Waals surface area contributed by atoms with E-state index in [-0.39, 0.29) is 11.7 Å². The molecule has 134 valence electrons. The minimum absolute atomic E-state index is 0.171. The van der Waals surface area contributed by atoms with Gasteiger partial charge in [-0.15, -0.1) is 11.3 Å². The Bertz CT molecular complexity index is 899. The second-order valence-corrected chi connectivity index (χ2v) is 6.31. The molecule has 0 aliphatic carbocycles. The number of hydrogen-bond donors (Lipinski definition) is 1. The van der Waals surface area contributed by atoms with Crippen molar-refractivity contribution in [3.8, 4) is 22.8 Å². The Morgan fingerprint density at radius 1 is 1.23 bits per heavy atom. The number of rotatable bonds is 6. The van der Waals surface area contributed by atoms with Crippen molar-refractivity contribution in [1.82, 2.24) is 4.98 Å². The van der Waals surface area contributed by atoms with Gasteiger partial charge in [0.25, 0.3) is 5.91 Å². The fourth-order valence-corrected chi connectivity index (χ4v) is 2.98. The minimum Gasteiger partial charge on any atom is -0.494 e. The lowest BCUT2D eigenvalue weighted by molar-refractivity contribution is -0.122. The molecule has 0 radical (unpaired) electrons. The van der Waals surface area contributed by atoms with Gasteiger partial charge in [-0.2, -0.15) is 0 Å². The maximum Gasteiger partial charge on any atom is 0.266 e. The third kappa shape index (κ3) is 4.18. The van der Waals surface area contributed by atoms with Gasteiger partial charge in [-0.3, -0.25) is 10.1 Å². The summed E-state index contributed by atoms with van der Waals surface area (Å²) in [4.78, 5) is 16.6. The summed E-state index contributed by atoms with van der Waals surface area (Å²) in [5.74, 6) is 0.0113. The van der Waals surface area contributed by atoms with E-state index in [1.165, 1.54) is 30.6 Å². The normalized spacial score (nSPS) is 11.7. The van der Waals surface area contributed by atoms with E-state index in [2.05, 4.69) is 10.3 Å². The van der Waals surface area contributed by atoms with Crippen LogP contribution in [-0.2, 0) is 4.79 Å². The second-order valence-electron chi connectivity index (χ2n) is 5.45. The fourth-order valence-electron chi connectivity index (χ4n) is 2.25. The zero-order chi connectivity index (χ0) is 18.5. The number of nitrogens with one attached hydrogen (secondary N) is 1. The molecular formula is C19H17FN2O3S. The van der Waals surface area contributed by atoms with Gasteiger partial charge >= 0.3 is 0 Å². The maximum atomic E-state index is 13.8.